The Balaban J connectivity index is 3.92. The average Bonchev–Trinajstić information content (AvgIpc) is 1.82. The Morgan fingerprint density at radius 2 is 1.90 bits per heavy atom. The lowest BCUT2D eigenvalue weighted by atomic mass is 10.2. The van der Waals surface area contributed by atoms with Gasteiger partial charge in [-0.3, -0.25) is 4.79 Å². The van der Waals surface area contributed by atoms with Crippen molar-refractivity contribution in [3.63, 3.8) is 0 Å². The summed E-state index contributed by atoms with van der Waals surface area (Å²) in [7, 11) is 0. The Bertz CT molecular complexity index is 180. The van der Waals surface area contributed by atoms with Crippen molar-refractivity contribution in [1.82, 2.24) is 0 Å². The second-order valence-electron chi connectivity index (χ2n) is 1.79. The van der Waals surface area contributed by atoms with Gasteiger partial charge >= 0.3 is 11.9 Å². The molecule has 0 bridgehead atoms. The van der Waals surface area contributed by atoms with Gasteiger partial charge in [-0.2, -0.15) is 0 Å². The SMILES string of the molecule is C/C(=C/CC(=O)O)C(=O)O. The molecular weight excluding hydrogens is 136 g/mol. The molecule has 0 spiro atoms. The summed E-state index contributed by atoms with van der Waals surface area (Å²) in [5, 5.41) is 16.3. The van der Waals surface area contributed by atoms with Gasteiger partial charge in [0, 0.05) is 5.57 Å². The zero-order valence-electron chi connectivity index (χ0n) is 5.50. The number of hydrogen-bond acceptors (Lipinski definition) is 2. The van der Waals surface area contributed by atoms with E-state index < -0.39 is 11.9 Å². The standard InChI is InChI=1S/C6H8O4/c1-4(6(9)10)2-3-5(7)8/h2H,3H2,1H3,(H,7,8)(H,9,10)/b4-2-. The highest BCUT2D eigenvalue weighted by Gasteiger charge is 1.99. The number of carboxylic acid groups (broad SMARTS) is 2. The summed E-state index contributed by atoms with van der Waals surface area (Å²) in [6.45, 7) is 1.35. The molecule has 0 heterocycles. The highest BCUT2D eigenvalue weighted by Crippen LogP contribution is 1.94. The second-order valence-corrected chi connectivity index (χ2v) is 1.79. The van der Waals surface area contributed by atoms with Crippen molar-refractivity contribution < 1.29 is 19.8 Å². The molecule has 0 fully saturated rings. The number of hydrogen-bond donors (Lipinski definition) is 2. The van der Waals surface area contributed by atoms with Crippen molar-refractivity contribution in [2.45, 2.75) is 13.3 Å². The van der Waals surface area contributed by atoms with Crippen LogP contribution in [-0.4, -0.2) is 22.2 Å². The lowest BCUT2D eigenvalue weighted by Gasteiger charge is -1.89. The number of aliphatic carboxylic acids is 2. The molecule has 0 saturated carbocycles. The third kappa shape index (κ3) is 3.65. The number of carboxylic acids is 2. The maximum atomic E-state index is 10.1. The zero-order valence-corrected chi connectivity index (χ0v) is 5.50. The molecule has 0 aliphatic rings. The van der Waals surface area contributed by atoms with Gasteiger partial charge in [-0.05, 0) is 6.92 Å². The Hall–Kier alpha value is -1.32. The van der Waals surface area contributed by atoms with Crippen LogP contribution in [0.1, 0.15) is 13.3 Å². The molecule has 0 aromatic carbocycles. The van der Waals surface area contributed by atoms with E-state index in [0.717, 1.165) is 6.08 Å². The van der Waals surface area contributed by atoms with Crippen LogP contribution in [0, 0.1) is 0 Å². The summed E-state index contributed by atoms with van der Waals surface area (Å²) < 4.78 is 0. The zero-order chi connectivity index (χ0) is 8.15. The van der Waals surface area contributed by atoms with E-state index in [1.54, 1.807) is 0 Å². The van der Waals surface area contributed by atoms with Crippen LogP contribution in [0.25, 0.3) is 0 Å². The Labute approximate surface area is 57.8 Å². The summed E-state index contributed by atoms with van der Waals surface area (Å²) in [4.78, 5) is 19.9. The van der Waals surface area contributed by atoms with Crippen LogP contribution in [0.5, 0.6) is 0 Å². The van der Waals surface area contributed by atoms with Crippen molar-refractivity contribution in [3.05, 3.63) is 11.6 Å². The van der Waals surface area contributed by atoms with E-state index in [0.29, 0.717) is 0 Å². The van der Waals surface area contributed by atoms with Crippen molar-refractivity contribution in [3.8, 4) is 0 Å². The fourth-order valence-corrected chi connectivity index (χ4v) is 0.328. The second kappa shape index (κ2) is 3.66. The lowest BCUT2D eigenvalue weighted by Crippen LogP contribution is -1.98. The smallest absolute Gasteiger partial charge is 0.330 e. The van der Waals surface area contributed by atoms with Gasteiger partial charge in [0.05, 0.1) is 6.42 Å². The molecule has 0 aliphatic carbocycles. The van der Waals surface area contributed by atoms with Crippen LogP contribution in [0.2, 0.25) is 0 Å². The Morgan fingerprint density at radius 3 is 2.20 bits per heavy atom. The predicted molar refractivity (Wildman–Crippen MR) is 33.6 cm³/mol. The maximum Gasteiger partial charge on any atom is 0.330 e. The summed E-state index contributed by atoms with van der Waals surface area (Å²) in [5.74, 6) is -2.11. The van der Waals surface area contributed by atoms with E-state index in [-0.39, 0.29) is 12.0 Å². The lowest BCUT2D eigenvalue weighted by molar-refractivity contribution is -0.136. The fraction of sp³-hybridized carbons (Fsp3) is 0.333. The molecule has 0 radical (unpaired) electrons. The molecule has 0 saturated heterocycles. The summed E-state index contributed by atoms with van der Waals surface area (Å²) in [6, 6.07) is 0. The normalized spacial score (nSPS) is 11.1. The minimum atomic E-state index is -1.08. The molecule has 0 unspecified atom stereocenters. The molecule has 4 heteroatoms. The van der Waals surface area contributed by atoms with Crippen LogP contribution >= 0.6 is 0 Å². The van der Waals surface area contributed by atoms with E-state index in [1.807, 2.05) is 0 Å². The Morgan fingerprint density at radius 1 is 1.40 bits per heavy atom. The quantitative estimate of drug-likeness (QED) is 0.565. The van der Waals surface area contributed by atoms with Crippen molar-refractivity contribution in [2.75, 3.05) is 0 Å². The van der Waals surface area contributed by atoms with Gasteiger partial charge in [-0.1, -0.05) is 6.08 Å². The maximum absolute atomic E-state index is 10.1. The molecule has 0 amide bonds. The summed E-state index contributed by atoms with van der Waals surface area (Å²) in [5.41, 5.74) is 0.0578. The minimum absolute atomic E-state index is 0.0578. The largest absolute Gasteiger partial charge is 0.481 e. The highest BCUT2D eigenvalue weighted by molar-refractivity contribution is 5.86. The first kappa shape index (κ1) is 8.68. The first-order chi connectivity index (χ1) is 4.54. The Kier molecular flexibility index (Phi) is 3.17. The molecule has 0 atom stereocenters. The molecule has 0 aliphatic heterocycles. The van der Waals surface area contributed by atoms with Gasteiger partial charge in [0.2, 0.25) is 0 Å². The van der Waals surface area contributed by atoms with Crippen LogP contribution in [-0.2, 0) is 9.59 Å². The molecule has 0 aromatic rings. The van der Waals surface area contributed by atoms with E-state index in [4.69, 9.17) is 10.2 Å². The van der Waals surface area contributed by atoms with Crippen molar-refractivity contribution in [1.29, 1.82) is 0 Å². The number of rotatable bonds is 3. The van der Waals surface area contributed by atoms with Gasteiger partial charge in [0.1, 0.15) is 0 Å². The first-order valence-corrected chi connectivity index (χ1v) is 2.66. The minimum Gasteiger partial charge on any atom is -0.481 e. The summed E-state index contributed by atoms with van der Waals surface area (Å²) >= 11 is 0. The molecule has 0 rings (SSSR count). The van der Waals surface area contributed by atoms with E-state index in [2.05, 4.69) is 0 Å². The molecule has 0 aromatic heterocycles. The van der Waals surface area contributed by atoms with Crippen LogP contribution < -0.4 is 0 Å². The van der Waals surface area contributed by atoms with Gasteiger partial charge in [0.15, 0.2) is 0 Å². The van der Waals surface area contributed by atoms with Crippen molar-refractivity contribution >= 4 is 11.9 Å². The van der Waals surface area contributed by atoms with Gasteiger partial charge < -0.3 is 10.2 Å². The van der Waals surface area contributed by atoms with Crippen LogP contribution in [0.4, 0.5) is 0 Å². The van der Waals surface area contributed by atoms with Gasteiger partial charge in [-0.25, -0.2) is 4.79 Å². The monoisotopic (exact) mass is 144 g/mol. The average molecular weight is 144 g/mol. The van der Waals surface area contributed by atoms with E-state index in [1.165, 1.54) is 6.92 Å². The molecule has 56 valence electrons. The number of carbonyl (C=O) groups is 2. The van der Waals surface area contributed by atoms with E-state index in [9.17, 15) is 9.59 Å². The van der Waals surface area contributed by atoms with Crippen LogP contribution in [0.3, 0.4) is 0 Å². The molecule has 2 N–H and O–H groups in total. The molecule has 10 heavy (non-hydrogen) atoms. The third-order valence-electron chi connectivity index (χ3n) is 0.920. The van der Waals surface area contributed by atoms with Gasteiger partial charge in [-0.15, -0.1) is 0 Å². The predicted octanol–water partition coefficient (Wildman–Crippen LogP) is 0.492. The fourth-order valence-electron chi connectivity index (χ4n) is 0.328. The molecule has 4 nitrogen and oxygen atoms in total. The van der Waals surface area contributed by atoms with E-state index >= 15 is 0 Å². The van der Waals surface area contributed by atoms with Gasteiger partial charge in [0.25, 0.3) is 0 Å². The first-order valence-electron chi connectivity index (χ1n) is 2.66. The van der Waals surface area contributed by atoms with Crippen LogP contribution in [0.15, 0.2) is 11.6 Å². The third-order valence-corrected chi connectivity index (χ3v) is 0.920. The van der Waals surface area contributed by atoms with Crippen molar-refractivity contribution in [2.24, 2.45) is 0 Å². The highest BCUT2D eigenvalue weighted by atomic mass is 16.4. The topological polar surface area (TPSA) is 74.6 Å². The molecular formula is C6H8O4. The summed E-state index contributed by atoms with van der Waals surface area (Å²) in [6.07, 6.45) is 0.919.